The molecule has 0 aromatic heterocycles. The van der Waals surface area contributed by atoms with Gasteiger partial charge in [-0.15, -0.1) is 0 Å². The lowest BCUT2D eigenvalue weighted by Crippen LogP contribution is -1.97. The van der Waals surface area contributed by atoms with E-state index in [1.807, 2.05) is 0 Å². The van der Waals surface area contributed by atoms with E-state index < -0.39 is 0 Å². The van der Waals surface area contributed by atoms with E-state index in [-0.39, 0.29) is 0 Å². The first kappa shape index (κ1) is 12.2. The number of benzene rings is 1. The molecule has 0 unspecified atom stereocenters. The molecular formula is C17H22. The SMILES string of the molecule is CCCC1=CC=C(Cc2cccc(C)c2)CC1. The van der Waals surface area contributed by atoms with Gasteiger partial charge in [-0.1, -0.05) is 66.5 Å². The molecule has 0 radical (unpaired) electrons. The van der Waals surface area contributed by atoms with Crippen LogP contribution in [0.15, 0.2) is 47.6 Å². The van der Waals surface area contributed by atoms with Crippen molar-refractivity contribution in [2.75, 3.05) is 0 Å². The Morgan fingerprint density at radius 1 is 1.06 bits per heavy atom. The van der Waals surface area contributed by atoms with Gasteiger partial charge in [-0.2, -0.15) is 0 Å². The molecule has 0 aliphatic heterocycles. The van der Waals surface area contributed by atoms with Gasteiger partial charge in [0.15, 0.2) is 0 Å². The number of rotatable bonds is 4. The summed E-state index contributed by atoms with van der Waals surface area (Å²) in [5.41, 5.74) is 6.01. The van der Waals surface area contributed by atoms with Crippen molar-refractivity contribution in [1.29, 1.82) is 0 Å². The van der Waals surface area contributed by atoms with E-state index in [0.717, 1.165) is 6.42 Å². The van der Waals surface area contributed by atoms with E-state index in [4.69, 9.17) is 0 Å². The number of hydrogen-bond donors (Lipinski definition) is 0. The fourth-order valence-electron chi connectivity index (χ4n) is 2.48. The Labute approximate surface area is 105 Å². The van der Waals surface area contributed by atoms with Crippen LogP contribution in [0.1, 0.15) is 43.7 Å². The Balaban J connectivity index is 2.01. The molecule has 0 bridgehead atoms. The maximum absolute atomic E-state index is 2.35. The van der Waals surface area contributed by atoms with E-state index >= 15 is 0 Å². The lowest BCUT2D eigenvalue weighted by atomic mass is 9.91. The predicted molar refractivity (Wildman–Crippen MR) is 75.2 cm³/mol. The summed E-state index contributed by atoms with van der Waals surface area (Å²) in [7, 11) is 0. The van der Waals surface area contributed by atoms with Crippen molar-refractivity contribution in [1.82, 2.24) is 0 Å². The molecule has 0 atom stereocenters. The quantitative estimate of drug-likeness (QED) is 0.679. The second-order valence-electron chi connectivity index (χ2n) is 5.07. The Morgan fingerprint density at radius 2 is 1.82 bits per heavy atom. The highest BCUT2D eigenvalue weighted by atomic mass is 14.1. The summed E-state index contributed by atoms with van der Waals surface area (Å²) >= 11 is 0. The monoisotopic (exact) mass is 226 g/mol. The van der Waals surface area contributed by atoms with Crippen LogP contribution in [-0.2, 0) is 6.42 Å². The van der Waals surface area contributed by atoms with E-state index in [1.54, 1.807) is 11.1 Å². The van der Waals surface area contributed by atoms with E-state index in [2.05, 4.69) is 50.3 Å². The largest absolute Gasteiger partial charge is 0.0699 e. The summed E-state index contributed by atoms with van der Waals surface area (Å²) in [6.45, 7) is 4.42. The zero-order valence-corrected chi connectivity index (χ0v) is 11.0. The topological polar surface area (TPSA) is 0 Å². The fraction of sp³-hybridized carbons (Fsp3) is 0.412. The third-order valence-corrected chi connectivity index (χ3v) is 3.41. The van der Waals surface area contributed by atoms with Gasteiger partial charge in [-0.05, 0) is 38.2 Å². The van der Waals surface area contributed by atoms with Gasteiger partial charge in [-0.25, -0.2) is 0 Å². The van der Waals surface area contributed by atoms with E-state index in [1.165, 1.54) is 36.8 Å². The van der Waals surface area contributed by atoms with Crippen LogP contribution in [0.3, 0.4) is 0 Å². The van der Waals surface area contributed by atoms with Crippen molar-refractivity contribution in [2.24, 2.45) is 0 Å². The van der Waals surface area contributed by atoms with Crippen molar-refractivity contribution >= 4 is 0 Å². The van der Waals surface area contributed by atoms with Crippen LogP contribution in [0.4, 0.5) is 0 Å². The maximum Gasteiger partial charge on any atom is -0.00638 e. The van der Waals surface area contributed by atoms with Crippen LogP contribution in [0.5, 0.6) is 0 Å². The highest BCUT2D eigenvalue weighted by Crippen LogP contribution is 2.24. The van der Waals surface area contributed by atoms with Crippen molar-refractivity contribution < 1.29 is 0 Å². The molecule has 0 N–H and O–H groups in total. The summed E-state index contributed by atoms with van der Waals surface area (Å²) in [6.07, 6.45) is 10.9. The number of aryl methyl sites for hydroxylation is 1. The smallest absolute Gasteiger partial charge is 0.00638 e. The van der Waals surface area contributed by atoms with Gasteiger partial charge in [0.2, 0.25) is 0 Å². The highest BCUT2D eigenvalue weighted by molar-refractivity contribution is 5.31. The Kier molecular flexibility index (Phi) is 4.19. The van der Waals surface area contributed by atoms with Crippen molar-refractivity contribution in [3.05, 3.63) is 58.7 Å². The average Bonchev–Trinajstić information content (AvgIpc) is 2.32. The fourth-order valence-corrected chi connectivity index (χ4v) is 2.48. The van der Waals surface area contributed by atoms with Crippen molar-refractivity contribution in [3.8, 4) is 0 Å². The Bertz CT molecular complexity index is 435. The second-order valence-corrected chi connectivity index (χ2v) is 5.07. The van der Waals surface area contributed by atoms with Crippen LogP contribution in [0.25, 0.3) is 0 Å². The van der Waals surface area contributed by atoms with Crippen molar-refractivity contribution in [3.63, 3.8) is 0 Å². The number of hydrogen-bond acceptors (Lipinski definition) is 0. The minimum absolute atomic E-state index is 1.12. The molecule has 1 aliphatic rings. The standard InChI is InChI=1S/C17H22/c1-3-5-15-8-10-16(11-9-15)13-17-7-4-6-14(2)12-17/h4,6-8,10,12H,3,5,9,11,13H2,1-2H3. The second kappa shape index (κ2) is 5.86. The molecule has 17 heavy (non-hydrogen) atoms. The van der Waals surface area contributed by atoms with Gasteiger partial charge in [-0.3, -0.25) is 0 Å². The summed E-state index contributed by atoms with van der Waals surface area (Å²) in [6, 6.07) is 8.86. The lowest BCUT2D eigenvalue weighted by molar-refractivity contribution is 0.788. The van der Waals surface area contributed by atoms with Gasteiger partial charge in [0.05, 0.1) is 0 Å². The minimum Gasteiger partial charge on any atom is -0.0699 e. The predicted octanol–water partition coefficient (Wildman–Crippen LogP) is 4.98. The van der Waals surface area contributed by atoms with Crippen LogP contribution < -0.4 is 0 Å². The molecule has 1 aromatic rings. The summed E-state index contributed by atoms with van der Waals surface area (Å²) < 4.78 is 0. The Hall–Kier alpha value is -1.30. The van der Waals surface area contributed by atoms with Crippen molar-refractivity contribution in [2.45, 2.75) is 46.0 Å². The van der Waals surface area contributed by atoms with Gasteiger partial charge in [0.25, 0.3) is 0 Å². The molecule has 0 spiro atoms. The first-order chi connectivity index (χ1) is 8.28. The van der Waals surface area contributed by atoms with Crippen LogP contribution in [0.2, 0.25) is 0 Å². The van der Waals surface area contributed by atoms with Gasteiger partial charge >= 0.3 is 0 Å². The zero-order valence-electron chi connectivity index (χ0n) is 11.0. The summed E-state index contributed by atoms with van der Waals surface area (Å²) in [5.74, 6) is 0. The highest BCUT2D eigenvalue weighted by Gasteiger charge is 2.06. The molecule has 0 fully saturated rings. The Morgan fingerprint density at radius 3 is 2.47 bits per heavy atom. The normalized spacial score (nSPS) is 15.4. The van der Waals surface area contributed by atoms with Gasteiger partial charge in [0.1, 0.15) is 0 Å². The molecule has 0 heterocycles. The van der Waals surface area contributed by atoms with Gasteiger partial charge in [0, 0.05) is 0 Å². The zero-order chi connectivity index (χ0) is 12.1. The molecular weight excluding hydrogens is 204 g/mol. The van der Waals surface area contributed by atoms with E-state index in [9.17, 15) is 0 Å². The first-order valence-electron chi connectivity index (χ1n) is 6.71. The van der Waals surface area contributed by atoms with E-state index in [0.29, 0.717) is 0 Å². The molecule has 0 saturated carbocycles. The molecule has 1 aliphatic carbocycles. The summed E-state index contributed by atoms with van der Waals surface area (Å²) in [5, 5.41) is 0. The third-order valence-electron chi connectivity index (χ3n) is 3.41. The molecule has 90 valence electrons. The maximum atomic E-state index is 2.35. The number of allylic oxidation sites excluding steroid dienone is 4. The third kappa shape index (κ3) is 3.59. The van der Waals surface area contributed by atoms with Crippen LogP contribution >= 0.6 is 0 Å². The average molecular weight is 226 g/mol. The molecule has 0 nitrogen and oxygen atoms in total. The molecule has 0 amide bonds. The minimum atomic E-state index is 1.12. The van der Waals surface area contributed by atoms with Crippen LogP contribution in [-0.4, -0.2) is 0 Å². The van der Waals surface area contributed by atoms with Crippen LogP contribution in [0, 0.1) is 6.92 Å². The van der Waals surface area contributed by atoms with Gasteiger partial charge < -0.3 is 0 Å². The molecule has 0 heteroatoms. The molecule has 2 rings (SSSR count). The summed E-state index contributed by atoms with van der Waals surface area (Å²) in [4.78, 5) is 0. The molecule has 1 aromatic carbocycles. The first-order valence-corrected chi connectivity index (χ1v) is 6.71. The lowest BCUT2D eigenvalue weighted by Gasteiger charge is -2.14. The molecule has 0 saturated heterocycles.